The van der Waals surface area contributed by atoms with Crippen LogP contribution in [-0.2, 0) is 11.3 Å². The molecule has 0 radical (unpaired) electrons. The van der Waals surface area contributed by atoms with E-state index in [9.17, 15) is 4.79 Å². The second-order valence-corrected chi connectivity index (χ2v) is 5.55. The number of anilines is 1. The number of para-hydroxylation sites is 1. The Morgan fingerprint density at radius 2 is 2.30 bits per heavy atom. The average Bonchev–Trinajstić information content (AvgIpc) is 2.87. The molecule has 0 bridgehead atoms. The Hall–Kier alpha value is -1.67. The van der Waals surface area contributed by atoms with Gasteiger partial charge in [-0.05, 0) is 38.5 Å². The van der Waals surface area contributed by atoms with Gasteiger partial charge in [0.1, 0.15) is 0 Å². The van der Waals surface area contributed by atoms with Gasteiger partial charge in [0, 0.05) is 4.47 Å². The molecule has 2 rings (SSSR count). The summed E-state index contributed by atoms with van der Waals surface area (Å²) in [5.74, 6) is 0.119. The fourth-order valence-electron chi connectivity index (χ4n) is 1.42. The summed E-state index contributed by atoms with van der Waals surface area (Å²) in [4.78, 5) is 11.9. The maximum Gasteiger partial charge on any atom is 0.234 e. The quantitative estimate of drug-likeness (QED) is 0.637. The van der Waals surface area contributed by atoms with Gasteiger partial charge in [-0.25, -0.2) is 4.68 Å². The first-order valence-electron chi connectivity index (χ1n) is 5.75. The fourth-order valence-corrected chi connectivity index (χ4v) is 2.49. The molecule has 1 heterocycles. The van der Waals surface area contributed by atoms with Crippen LogP contribution in [0.2, 0.25) is 0 Å². The lowest BCUT2D eigenvalue weighted by atomic mass is 10.3. The van der Waals surface area contributed by atoms with Crippen LogP contribution in [0.15, 0.2) is 46.5 Å². The van der Waals surface area contributed by atoms with Crippen LogP contribution in [0.3, 0.4) is 0 Å². The molecule has 8 heteroatoms. The number of halogens is 1. The molecule has 1 N–H and O–H groups in total. The van der Waals surface area contributed by atoms with E-state index in [0.717, 1.165) is 10.2 Å². The van der Waals surface area contributed by atoms with E-state index in [4.69, 9.17) is 0 Å². The van der Waals surface area contributed by atoms with Gasteiger partial charge in [-0.3, -0.25) is 4.79 Å². The molecule has 0 aliphatic rings. The van der Waals surface area contributed by atoms with Crippen LogP contribution in [0, 0.1) is 0 Å². The summed E-state index contributed by atoms with van der Waals surface area (Å²) in [6.07, 6.45) is 1.70. The molecule has 0 aliphatic heterocycles. The fraction of sp³-hybridized carbons (Fsp3) is 0.167. The standard InChI is InChI=1S/C12H12BrN5OS/c1-2-7-18-12(15-16-17-18)20-8-11(19)14-10-6-4-3-5-9(10)13/h2-6H,1,7-8H2,(H,14,19). The van der Waals surface area contributed by atoms with E-state index in [1.54, 1.807) is 10.8 Å². The number of rotatable bonds is 6. The number of benzene rings is 1. The van der Waals surface area contributed by atoms with Crippen molar-refractivity contribution < 1.29 is 4.79 Å². The second-order valence-electron chi connectivity index (χ2n) is 3.75. The predicted octanol–water partition coefficient (Wildman–Crippen LogP) is 2.35. The van der Waals surface area contributed by atoms with Gasteiger partial charge in [-0.15, -0.1) is 11.7 Å². The molecule has 0 fully saturated rings. The maximum absolute atomic E-state index is 11.9. The minimum Gasteiger partial charge on any atom is -0.324 e. The molecular formula is C12H12BrN5OS. The number of nitrogens with zero attached hydrogens (tertiary/aromatic N) is 4. The lowest BCUT2D eigenvalue weighted by molar-refractivity contribution is -0.113. The van der Waals surface area contributed by atoms with Gasteiger partial charge in [0.15, 0.2) is 0 Å². The third-order valence-electron chi connectivity index (χ3n) is 2.28. The molecular weight excluding hydrogens is 342 g/mol. The van der Waals surface area contributed by atoms with E-state index in [2.05, 4.69) is 43.4 Å². The van der Waals surface area contributed by atoms with Gasteiger partial charge in [-0.1, -0.05) is 30.0 Å². The summed E-state index contributed by atoms with van der Waals surface area (Å²) in [5, 5.41) is 14.6. The summed E-state index contributed by atoms with van der Waals surface area (Å²) in [6.45, 7) is 4.14. The Bertz CT molecular complexity index is 615. The Labute approximate surface area is 128 Å². The molecule has 0 atom stereocenters. The highest BCUT2D eigenvalue weighted by molar-refractivity contribution is 9.10. The van der Waals surface area contributed by atoms with Crippen molar-refractivity contribution in [3.8, 4) is 0 Å². The Morgan fingerprint density at radius 3 is 3.05 bits per heavy atom. The average molecular weight is 354 g/mol. The van der Waals surface area contributed by atoms with Crippen molar-refractivity contribution in [3.05, 3.63) is 41.4 Å². The van der Waals surface area contributed by atoms with Gasteiger partial charge in [0.05, 0.1) is 18.0 Å². The summed E-state index contributed by atoms with van der Waals surface area (Å²) in [5.41, 5.74) is 0.740. The topological polar surface area (TPSA) is 72.7 Å². The third kappa shape index (κ3) is 3.91. The maximum atomic E-state index is 11.9. The molecule has 2 aromatic rings. The third-order valence-corrected chi connectivity index (χ3v) is 3.93. The number of hydrogen-bond acceptors (Lipinski definition) is 5. The van der Waals surface area contributed by atoms with Gasteiger partial charge < -0.3 is 5.32 Å². The van der Waals surface area contributed by atoms with E-state index in [1.165, 1.54) is 11.8 Å². The van der Waals surface area contributed by atoms with Crippen LogP contribution < -0.4 is 5.32 Å². The van der Waals surface area contributed by atoms with Gasteiger partial charge in [-0.2, -0.15) is 0 Å². The number of tetrazole rings is 1. The van der Waals surface area contributed by atoms with Gasteiger partial charge >= 0.3 is 0 Å². The summed E-state index contributed by atoms with van der Waals surface area (Å²) in [7, 11) is 0. The van der Waals surface area contributed by atoms with E-state index in [0.29, 0.717) is 11.7 Å². The first-order valence-corrected chi connectivity index (χ1v) is 7.53. The van der Waals surface area contributed by atoms with Crippen LogP contribution in [0.25, 0.3) is 0 Å². The molecule has 0 aliphatic carbocycles. The number of hydrogen-bond donors (Lipinski definition) is 1. The number of aromatic nitrogens is 4. The number of carbonyl (C=O) groups excluding carboxylic acids is 1. The van der Waals surface area contributed by atoms with Gasteiger partial charge in [0.2, 0.25) is 11.1 Å². The normalized spacial score (nSPS) is 10.2. The van der Waals surface area contributed by atoms with Crippen LogP contribution in [-0.4, -0.2) is 31.9 Å². The Morgan fingerprint density at radius 1 is 1.50 bits per heavy atom. The van der Waals surface area contributed by atoms with E-state index >= 15 is 0 Å². The van der Waals surface area contributed by atoms with E-state index < -0.39 is 0 Å². The zero-order valence-electron chi connectivity index (χ0n) is 10.5. The van der Waals surface area contributed by atoms with Crippen LogP contribution in [0.5, 0.6) is 0 Å². The van der Waals surface area contributed by atoms with Crippen LogP contribution in [0.4, 0.5) is 5.69 Å². The van der Waals surface area contributed by atoms with Crippen molar-refractivity contribution >= 4 is 39.3 Å². The number of thioether (sulfide) groups is 1. The first-order chi connectivity index (χ1) is 9.70. The van der Waals surface area contributed by atoms with E-state index in [-0.39, 0.29) is 11.7 Å². The highest BCUT2D eigenvalue weighted by Gasteiger charge is 2.10. The summed E-state index contributed by atoms with van der Waals surface area (Å²) < 4.78 is 2.43. The Balaban J connectivity index is 1.91. The highest BCUT2D eigenvalue weighted by Crippen LogP contribution is 2.22. The first kappa shape index (κ1) is 14.7. The Kier molecular flexibility index (Phi) is 5.31. The molecule has 1 aromatic carbocycles. The summed E-state index contributed by atoms with van der Waals surface area (Å²) >= 11 is 4.66. The number of allylic oxidation sites excluding steroid dienone is 1. The molecule has 6 nitrogen and oxygen atoms in total. The monoisotopic (exact) mass is 353 g/mol. The molecule has 104 valence electrons. The molecule has 0 unspecified atom stereocenters. The smallest absolute Gasteiger partial charge is 0.234 e. The molecule has 20 heavy (non-hydrogen) atoms. The largest absolute Gasteiger partial charge is 0.324 e. The summed E-state index contributed by atoms with van der Waals surface area (Å²) in [6, 6.07) is 7.44. The van der Waals surface area contributed by atoms with Crippen molar-refractivity contribution in [2.45, 2.75) is 11.7 Å². The lowest BCUT2D eigenvalue weighted by Crippen LogP contribution is -2.15. The number of amides is 1. The zero-order valence-corrected chi connectivity index (χ0v) is 12.9. The molecule has 0 saturated heterocycles. The second kappa shape index (κ2) is 7.20. The molecule has 1 amide bonds. The minimum atomic E-state index is -0.116. The predicted molar refractivity (Wildman–Crippen MR) is 81.5 cm³/mol. The molecule has 0 spiro atoms. The minimum absolute atomic E-state index is 0.116. The van der Waals surface area contributed by atoms with Crippen molar-refractivity contribution in [2.24, 2.45) is 0 Å². The van der Waals surface area contributed by atoms with Crippen molar-refractivity contribution in [1.29, 1.82) is 0 Å². The highest BCUT2D eigenvalue weighted by atomic mass is 79.9. The zero-order chi connectivity index (χ0) is 14.4. The van der Waals surface area contributed by atoms with E-state index in [1.807, 2.05) is 24.3 Å². The van der Waals surface area contributed by atoms with Crippen molar-refractivity contribution in [2.75, 3.05) is 11.1 Å². The van der Waals surface area contributed by atoms with Gasteiger partial charge in [0.25, 0.3) is 0 Å². The lowest BCUT2D eigenvalue weighted by Gasteiger charge is -2.06. The van der Waals surface area contributed by atoms with Crippen molar-refractivity contribution in [1.82, 2.24) is 20.2 Å². The van der Waals surface area contributed by atoms with Crippen molar-refractivity contribution in [3.63, 3.8) is 0 Å². The molecule has 0 saturated carbocycles. The SMILES string of the molecule is C=CCn1nnnc1SCC(=O)Nc1ccccc1Br. The number of carbonyl (C=O) groups is 1. The number of nitrogens with one attached hydrogen (secondary N) is 1. The molecule has 1 aromatic heterocycles. The van der Waals surface area contributed by atoms with Crippen LogP contribution >= 0.6 is 27.7 Å². The van der Waals surface area contributed by atoms with Crippen LogP contribution in [0.1, 0.15) is 0 Å².